The molecule has 4 nitrogen and oxygen atoms in total. The van der Waals surface area contributed by atoms with Crippen molar-refractivity contribution in [1.82, 2.24) is 4.98 Å². The average Bonchev–Trinajstić information content (AvgIpc) is 2.57. The minimum Gasteiger partial charge on any atom is -0.327 e. The first-order valence-corrected chi connectivity index (χ1v) is 6.72. The van der Waals surface area contributed by atoms with Crippen molar-refractivity contribution in [3.63, 3.8) is 0 Å². The summed E-state index contributed by atoms with van der Waals surface area (Å²) in [7, 11) is 0. The van der Waals surface area contributed by atoms with Gasteiger partial charge in [-0.25, -0.2) is 4.98 Å². The number of hydrogen-bond acceptors (Lipinski definition) is 3. The van der Waals surface area contributed by atoms with E-state index in [-0.39, 0.29) is 17.9 Å². The van der Waals surface area contributed by atoms with Gasteiger partial charge in [-0.05, 0) is 25.0 Å². The van der Waals surface area contributed by atoms with E-state index in [0.717, 1.165) is 25.7 Å². The SMILES string of the molecule is NC1CCCCCC1C(=O)Nc1ccc(Cl)nc1. The molecule has 1 aliphatic carbocycles. The van der Waals surface area contributed by atoms with Crippen LogP contribution in [0.1, 0.15) is 32.1 Å². The lowest BCUT2D eigenvalue weighted by atomic mass is 9.94. The fourth-order valence-electron chi connectivity index (χ4n) is 2.35. The summed E-state index contributed by atoms with van der Waals surface area (Å²) < 4.78 is 0. The average molecular weight is 268 g/mol. The Balaban J connectivity index is 1.99. The zero-order valence-corrected chi connectivity index (χ0v) is 11.0. The summed E-state index contributed by atoms with van der Waals surface area (Å²) in [4.78, 5) is 16.1. The van der Waals surface area contributed by atoms with Gasteiger partial charge in [0, 0.05) is 6.04 Å². The van der Waals surface area contributed by atoms with Crippen LogP contribution < -0.4 is 11.1 Å². The van der Waals surface area contributed by atoms with Crippen molar-refractivity contribution in [2.75, 3.05) is 5.32 Å². The number of nitrogens with zero attached hydrogens (tertiary/aromatic N) is 1. The van der Waals surface area contributed by atoms with Crippen LogP contribution in [-0.4, -0.2) is 16.9 Å². The second-order valence-corrected chi connectivity index (χ2v) is 5.15. The molecule has 2 atom stereocenters. The summed E-state index contributed by atoms with van der Waals surface area (Å²) in [6, 6.07) is 3.37. The third-order valence-electron chi connectivity index (χ3n) is 3.40. The third kappa shape index (κ3) is 3.43. The van der Waals surface area contributed by atoms with Crippen molar-refractivity contribution in [2.45, 2.75) is 38.1 Å². The van der Waals surface area contributed by atoms with E-state index >= 15 is 0 Å². The maximum atomic E-state index is 12.2. The van der Waals surface area contributed by atoms with E-state index in [2.05, 4.69) is 10.3 Å². The van der Waals surface area contributed by atoms with E-state index in [1.165, 1.54) is 6.42 Å². The molecule has 0 radical (unpaired) electrons. The number of rotatable bonds is 2. The van der Waals surface area contributed by atoms with Crippen LogP contribution >= 0.6 is 11.6 Å². The van der Waals surface area contributed by atoms with E-state index in [0.29, 0.717) is 10.8 Å². The van der Waals surface area contributed by atoms with Crippen LogP contribution in [0, 0.1) is 5.92 Å². The quantitative estimate of drug-likeness (QED) is 0.639. The minimum absolute atomic E-state index is 0.00600. The van der Waals surface area contributed by atoms with Gasteiger partial charge in [0.05, 0.1) is 17.8 Å². The summed E-state index contributed by atoms with van der Waals surface area (Å²) in [6.07, 6.45) is 6.71. The van der Waals surface area contributed by atoms with E-state index in [4.69, 9.17) is 17.3 Å². The molecule has 2 unspecified atom stereocenters. The van der Waals surface area contributed by atoms with Crippen LogP contribution in [0.15, 0.2) is 18.3 Å². The standard InChI is InChI=1S/C13H18ClN3O/c14-12-7-6-9(8-16-12)17-13(18)10-4-2-1-3-5-11(10)15/h6-8,10-11H,1-5,15H2,(H,17,18). The largest absolute Gasteiger partial charge is 0.327 e. The molecule has 1 heterocycles. The topological polar surface area (TPSA) is 68.0 Å². The maximum absolute atomic E-state index is 12.2. The molecule has 1 aromatic rings. The molecule has 0 saturated heterocycles. The van der Waals surface area contributed by atoms with Gasteiger partial charge in [0.1, 0.15) is 5.15 Å². The van der Waals surface area contributed by atoms with E-state index < -0.39 is 0 Å². The predicted molar refractivity (Wildman–Crippen MR) is 72.4 cm³/mol. The zero-order valence-electron chi connectivity index (χ0n) is 10.2. The second-order valence-electron chi connectivity index (χ2n) is 4.77. The minimum atomic E-state index is -0.0943. The highest BCUT2D eigenvalue weighted by atomic mass is 35.5. The van der Waals surface area contributed by atoms with Crippen molar-refractivity contribution in [2.24, 2.45) is 11.7 Å². The first kappa shape index (κ1) is 13.3. The summed E-state index contributed by atoms with van der Waals surface area (Å²) in [5.74, 6) is -0.100. The molecular formula is C13H18ClN3O. The van der Waals surface area contributed by atoms with Gasteiger partial charge in [0.25, 0.3) is 0 Å². The van der Waals surface area contributed by atoms with Gasteiger partial charge in [0.2, 0.25) is 5.91 Å². The Labute approximate surface area is 112 Å². The third-order valence-corrected chi connectivity index (χ3v) is 3.62. The Morgan fingerprint density at radius 2 is 2.11 bits per heavy atom. The number of carbonyl (C=O) groups is 1. The van der Waals surface area contributed by atoms with Crippen LogP contribution in [0.2, 0.25) is 5.15 Å². The number of aromatic nitrogens is 1. The molecule has 5 heteroatoms. The first-order chi connectivity index (χ1) is 8.66. The number of nitrogens with two attached hydrogens (primary N) is 1. The maximum Gasteiger partial charge on any atom is 0.229 e. The zero-order chi connectivity index (χ0) is 13.0. The predicted octanol–water partition coefficient (Wildman–Crippen LogP) is 2.58. The number of pyridine rings is 1. The summed E-state index contributed by atoms with van der Waals surface area (Å²) in [5.41, 5.74) is 6.73. The smallest absolute Gasteiger partial charge is 0.229 e. The van der Waals surface area contributed by atoms with Crippen LogP contribution in [0.25, 0.3) is 0 Å². The normalized spacial score (nSPS) is 24.3. The van der Waals surface area contributed by atoms with Crippen molar-refractivity contribution in [1.29, 1.82) is 0 Å². The van der Waals surface area contributed by atoms with Gasteiger partial charge in [-0.2, -0.15) is 0 Å². The molecule has 0 aromatic carbocycles. The molecule has 1 aliphatic rings. The molecule has 1 fully saturated rings. The highest BCUT2D eigenvalue weighted by Crippen LogP contribution is 2.23. The highest BCUT2D eigenvalue weighted by Gasteiger charge is 2.26. The number of anilines is 1. The first-order valence-electron chi connectivity index (χ1n) is 6.35. The number of hydrogen-bond donors (Lipinski definition) is 2. The van der Waals surface area contributed by atoms with E-state index in [9.17, 15) is 4.79 Å². The Bertz CT molecular complexity index is 407. The van der Waals surface area contributed by atoms with Gasteiger partial charge in [-0.1, -0.05) is 30.9 Å². The molecule has 0 bridgehead atoms. The Morgan fingerprint density at radius 1 is 1.33 bits per heavy atom. The molecule has 0 spiro atoms. The summed E-state index contributed by atoms with van der Waals surface area (Å²) in [5, 5.41) is 3.27. The molecular weight excluding hydrogens is 250 g/mol. The van der Waals surface area contributed by atoms with Gasteiger partial charge >= 0.3 is 0 Å². The molecule has 1 saturated carbocycles. The Hall–Kier alpha value is -1.13. The number of nitrogens with one attached hydrogen (secondary N) is 1. The van der Waals surface area contributed by atoms with Gasteiger partial charge in [-0.15, -0.1) is 0 Å². The summed E-state index contributed by atoms with van der Waals surface area (Å²) in [6.45, 7) is 0. The fourth-order valence-corrected chi connectivity index (χ4v) is 2.46. The molecule has 2 rings (SSSR count). The van der Waals surface area contributed by atoms with Gasteiger partial charge in [-0.3, -0.25) is 4.79 Å². The molecule has 0 aliphatic heterocycles. The lowest BCUT2D eigenvalue weighted by Crippen LogP contribution is -2.37. The number of amides is 1. The fraction of sp³-hybridized carbons (Fsp3) is 0.538. The van der Waals surface area contributed by atoms with Crippen LogP contribution in [0.3, 0.4) is 0 Å². The molecule has 1 amide bonds. The van der Waals surface area contributed by atoms with Crippen LogP contribution in [0.5, 0.6) is 0 Å². The highest BCUT2D eigenvalue weighted by molar-refractivity contribution is 6.29. The lowest BCUT2D eigenvalue weighted by molar-refractivity contribution is -0.120. The monoisotopic (exact) mass is 267 g/mol. The molecule has 1 aromatic heterocycles. The molecule has 18 heavy (non-hydrogen) atoms. The van der Waals surface area contributed by atoms with Crippen molar-refractivity contribution in [3.8, 4) is 0 Å². The van der Waals surface area contributed by atoms with Crippen molar-refractivity contribution < 1.29 is 4.79 Å². The molecule has 98 valence electrons. The number of carbonyl (C=O) groups excluding carboxylic acids is 1. The summed E-state index contributed by atoms with van der Waals surface area (Å²) >= 11 is 5.70. The number of halogens is 1. The van der Waals surface area contributed by atoms with Crippen molar-refractivity contribution in [3.05, 3.63) is 23.5 Å². The van der Waals surface area contributed by atoms with E-state index in [1.54, 1.807) is 18.3 Å². The van der Waals surface area contributed by atoms with Crippen molar-refractivity contribution >= 4 is 23.2 Å². The van der Waals surface area contributed by atoms with Gasteiger partial charge < -0.3 is 11.1 Å². The Kier molecular flexibility index (Phi) is 4.55. The second kappa shape index (κ2) is 6.16. The lowest BCUT2D eigenvalue weighted by Gasteiger charge is -2.20. The van der Waals surface area contributed by atoms with Crippen LogP contribution in [0.4, 0.5) is 5.69 Å². The Morgan fingerprint density at radius 3 is 2.83 bits per heavy atom. The van der Waals surface area contributed by atoms with Gasteiger partial charge in [0.15, 0.2) is 0 Å². The molecule has 3 N–H and O–H groups in total. The van der Waals surface area contributed by atoms with Crippen LogP contribution in [-0.2, 0) is 4.79 Å². The van der Waals surface area contributed by atoms with E-state index in [1.807, 2.05) is 0 Å².